The Morgan fingerprint density at radius 3 is 2.37 bits per heavy atom. The predicted octanol–water partition coefficient (Wildman–Crippen LogP) is 6.19. The van der Waals surface area contributed by atoms with Gasteiger partial charge < -0.3 is 14.8 Å². The van der Waals surface area contributed by atoms with Gasteiger partial charge in [0.25, 0.3) is 0 Å². The Morgan fingerprint density at radius 2 is 1.66 bits per heavy atom. The monoisotopic (exact) mass is 482 g/mol. The maximum Gasteiger partial charge on any atom is 0.227 e. The van der Waals surface area contributed by atoms with E-state index >= 15 is 0 Å². The van der Waals surface area contributed by atoms with Crippen LogP contribution >= 0.6 is 11.8 Å². The first kappa shape index (κ1) is 21.8. The maximum atomic E-state index is 6.73. The minimum Gasteiger partial charge on any atom is -0.497 e. The number of nitrogens with one attached hydrogen (secondary N) is 1. The van der Waals surface area contributed by atoms with Gasteiger partial charge in [0.05, 0.1) is 12.8 Å². The fraction of sp³-hybridized carbons (Fsp3) is 0.214. The van der Waals surface area contributed by atoms with Gasteiger partial charge in [0.15, 0.2) is 0 Å². The molecule has 0 spiro atoms. The molecule has 0 amide bonds. The van der Waals surface area contributed by atoms with E-state index in [0.717, 1.165) is 50.6 Å². The van der Waals surface area contributed by atoms with Crippen LogP contribution in [-0.4, -0.2) is 28.1 Å². The summed E-state index contributed by atoms with van der Waals surface area (Å²) in [5.41, 5.74) is 7.78. The van der Waals surface area contributed by atoms with Crippen LogP contribution in [0.15, 0.2) is 77.5 Å². The van der Waals surface area contributed by atoms with Gasteiger partial charge in [-0.25, -0.2) is 4.68 Å². The van der Waals surface area contributed by atoms with E-state index in [1.54, 1.807) is 7.11 Å². The SMILES string of the molecule is COc1ccc([C@@H]2Oc3ccc(C)cc3C3=C2[C@H](c2ccc(C)cc2)n2nc(SC)nc2N3)cc1. The summed E-state index contributed by atoms with van der Waals surface area (Å²) in [4.78, 5) is 4.78. The highest BCUT2D eigenvalue weighted by molar-refractivity contribution is 7.98. The lowest BCUT2D eigenvalue weighted by molar-refractivity contribution is 0.222. The number of fused-ring (bicyclic) bond motifs is 3. The van der Waals surface area contributed by atoms with E-state index < -0.39 is 0 Å². The minimum atomic E-state index is -0.306. The van der Waals surface area contributed by atoms with Crippen molar-refractivity contribution in [1.82, 2.24) is 14.8 Å². The molecule has 0 unspecified atom stereocenters. The van der Waals surface area contributed by atoms with Crippen molar-refractivity contribution in [3.05, 3.63) is 100 Å². The topological polar surface area (TPSA) is 61.2 Å². The molecular formula is C28H26N4O2S. The second-order valence-electron chi connectivity index (χ2n) is 8.91. The third-order valence-corrected chi connectivity index (χ3v) is 7.14. The average Bonchev–Trinajstić information content (AvgIpc) is 3.31. The number of hydrogen-bond donors (Lipinski definition) is 1. The van der Waals surface area contributed by atoms with Gasteiger partial charge in [-0.05, 0) is 55.5 Å². The number of aryl methyl sites for hydroxylation is 2. The van der Waals surface area contributed by atoms with Crippen molar-refractivity contribution in [2.24, 2.45) is 0 Å². The van der Waals surface area contributed by atoms with Gasteiger partial charge in [-0.15, -0.1) is 5.10 Å². The molecule has 7 heteroatoms. The van der Waals surface area contributed by atoms with Crippen LogP contribution in [0.2, 0.25) is 0 Å². The van der Waals surface area contributed by atoms with Crippen molar-refractivity contribution in [3.8, 4) is 11.5 Å². The van der Waals surface area contributed by atoms with E-state index in [2.05, 4.69) is 73.8 Å². The minimum absolute atomic E-state index is 0.170. The molecule has 0 fully saturated rings. The van der Waals surface area contributed by atoms with E-state index in [1.165, 1.54) is 22.9 Å². The zero-order chi connectivity index (χ0) is 24.1. The highest BCUT2D eigenvalue weighted by atomic mass is 32.2. The zero-order valence-electron chi connectivity index (χ0n) is 20.1. The summed E-state index contributed by atoms with van der Waals surface area (Å²) in [7, 11) is 1.68. The zero-order valence-corrected chi connectivity index (χ0v) is 20.9. The predicted molar refractivity (Wildman–Crippen MR) is 139 cm³/mol. The molecule has 1 aromatic heterocycles. The average molecular weight is 483 g/mol. The highest BCUT2D eigenvalue weighted by Crippen LogP contribution is 2.51. The smallest absolute Gasteiger partial charge is 0.227 e. The normalized spacial score (nSPS) is 18.2. The molecule has 2 aliphatic heterocycles. The largest absolute Gasteiger partial charge is 0.497 e. The quantitative estimate of drug-likeness (QED) is 0.350. The fourth-order valence-corrected chi connectivity index (χ4v) is 5.18. The van der Waals surface area contributed by atoms with Gasteiger partial charge in [0.2, 0.25) is 11.1 Å². The van der Waals surface area contributed by atoms with Crippen molar-refractivity contribution >= 4 is 23.4 Å². The summed E-state index contributed by atoms with van der Waals surface area (Å²) in [6.07, 6.45) is 1.69. The first-order chi connectivity index (χ1) is 17.1. The molecule has 0 saturated carbocycles. The van der Waals surface area contributed by atoms with Crippen LogP contribution in [0.3, 0.4) is 0 Å². The summed E-state index contributed by atoms with van der Waals surface area (Å²) in [5, 5.41) is 9.22. The number of hydrogen-bond acceptors (Lipinski definition) is 6. The number of thioether (sulfide) groups is 1. The lowest BCUT2D eigenvalue weighted by atomic mass is 9.84. The van der Waals surface area contributed by atoms with Crippen LogP contribution < -0.4 is 14.8 Å². The van der Waals surface area contributed by atoms with Crippen LogP contribution in [0.25, 0.3) is 5.70 Å². The van der Waals surface area contributed by atoms with E-state index in [-0.39, 0.29) is 12.1 Å². The van der Waals surface area contributed by atoms with Crippen LogP contribution in [0, 0.1) is 13.8 Å². The summed E-state index contributed by atoms with van der Waals surface area (Å²) < 4.78 is 14.1. The lowest BCUT2D eigenvalue weighted by Crippen LogP contribution is -2.32. The van der Waals surface area contributed by atoms with E-state index in [4.69, 9.17) is 19.6 Å². The van der Waals surface area contributed by atoms with Crippen molar-refractivity contribution < 1.29 is 9.47 Å². The third-order valence-electron chi connectivity index (χ3n) is 6.60. The molecule has 2 aliphatic rings. The van der Waals surface area contributed by atoms with Gasteiger partial charge in [-0.3, -0.25) is 0 Å². The molecule has 6 nitrogen and oxygen atoms in total. The molecule has 0 radical (unpaired) electrons. The summed E-state index contributed by atoms with van der Waals surface area (Å²) in [6, 6.07) is 22.9. The van der Waals surface area contributed by atoms with Gasteiger partial charge in [-0.2, -0.15) is 4.98 Å². The van der Waals surface area contributed by atoms with E-state index in [0.29, 0.717) is 0 Å². The Morgan fingerprint density at radius 1 is 0.943 bits per heavy atom. The number of rotatable bonds is 4. The van der Waals surface area contributed by atoms with Crippen molar-refractivity contribution in [3.63, 3.8) is 0 Å². The van der Waals surface area contributed by atoms with Crippen LogP contribution in [0.4, 0.5) is 5.95 Å². The second kappa shape index (κ2) is 8.50. The van der Waals surface area contributed by atoms with Crippen molar-refractivity contribution in [1.29, 1.82) is 0 Å². The molecule has 35 heavy (non-hydrogen) atoms. The molecule has 2 atom stereocenters. The summed E-state index contributed by atoms with van der Waals surface area (Å²) in [5.74, 6) is 2.40. The Balaban J connectivity index is 1.62. The molecule has 3 aromatic carbocycles. The Kier molecular flexibility index (Phi) is 5.29. The lowest BCUT2D eigenvalue weighted by Gasteiger charge is -2.39. The van der Waals surface area contributed by atoms with E-state index in [9.17, 15) is 0 Å². The van der Waals surface area contributed by atoms with Crippen molar-refractivity contribution in [2.75, 3.05) is 18.7 Å². The molecule has 0 bridgehead atoms. The van der Waals surface area contributed by atoms with Crippen LogP contribution in [0.5, 0.6) is 11.5 Å². The standard InChI is InChI=1S/C28H26N4O2S/c1-16-5-8-18(9-6-16)25-23-24(29-27-30-28(35-4)31-32(25)27)21-15-17(2)7-14-22(21)34-26(23)19-10-12-20(33-3)13-11-19/h5-15,25-26H,1-4H3,(H,29,30,31)/t25-,26-/m0/s1. The van der Waals surface area contributed by atoms with Gasteiger partial charge >= 0.3 is 0 Å². The maximum absolute atomic E-state index is 6.73. The molecule has 0 aliphatic carbocycles. The molecular weight excluding hydrogens is 456 g/mol. The first-order valence-corrected chi connectivity index (χ1v) is 12.8. The third kappa shape index (κ3) is 3.67. The Hall–Kier alpha value is -3.71. The number of ether oxygens (including phenoxy) is 2. The Bertz CT molecular complexity index is 1440. The number of methoxy groups -OCH3 is 1. The molecule has 3 heterocycles. The molecule has 1 N–H and O–H groups in total. The Labute approximate surface area is 209 Å². The molecule has 0 saturated heterocycles. The van der Waals surface area contributed by atoms with Gasteiger partial charge in [0.1, 0.15) is 23.6 Å². The number of nitrogens with zero attached hydrogens (tertiary/aromatic N) is 3. The highest BCUT2D eigenvalue weighted by Gasteiger charge is 2.41. The summed E-state index contributed by atoms with van der Waals surface area (Å²) >= 11 is 1.54. The summed E-state index contributed by atoms with van der Waals surface area (Å²) in [6.45, 7) is 4.21. The van der Waals surface area contributed by atoms with Crippen LogP contribution in [-0.2, 0) is 0 Å². The number of benzene rings is 3. The van der Waals surface area contributed by atoms with E-state index in [1.807, 2.05) is 23.1 Å². The second-order valence-corrected chi connectivity index (χ2v) is 9.68. The van der Waals surface area contributed by atoms with Crippen molar-refractivity contribution in [2.45, 2.75) is 31.1 Å². The first-order valence-electron chi connectivity index (χ1n) is 11.6. The van der Waals surface area contributed by atoms with Gasteiger partial charge in [0, 0.05) is 11.1 Å². The molecule has 176 valence electrons. The van der Waals surface area contributed by atoms with Crippen LogP contribution in [0.1, 0.15) is 40.0 Å². The molecule has 4 aromatic rings. The van der Waals surface area contributed by atoms with Gasteiger partial charge in [-0.1, -0.05) is 65.4 Å². The number of aromatic nitrogens is 3. The fourth-order valence-electron chi connectivity index (χ4n) is 4.83. The number of anilines is 1. The molecule has 6 rings (SSSR count).